The fourth-order valence-electron chi connectivity index (χ4n) is 4.57. The van der Waals surface area contributed by atoms with Gasteiger partial charge in [0.05, 0.1) is 5.39 Å². The van der Waals surface area contributed by atoms with Crippen LogP contribution in [0.2, 0.25) is 0 Å². The van der Waals surface area contributed by atoms with Crippen LogP contribution in [0, 0.1) is 0 Å². The Balaban J connectivity index is 1.60. The lowest BCUT2D eigenvalue weighted by Gasteiger charge is -2.46. The lowest BCUT2D eigenvalue weighted by atomic mass is 9.79. The highest BCUT2D eigenvalue weighted by Gasteiger charge is 2.38. The molecule has 0 bridgehead atoms. The van der Waals surface area contributed by atoms with Crippen LogP contribution >= 0.6 is 0 Å². The number of amides is 1. The van der Waals surface area contributed by atoms with Crippen molar-refractivity contribution in [1.29, 1.82) is 0 Å². The van der Waals surface area contributed by atoms with E-state index < -0.39 is 0 Å². The van der Waals surface area contributed by atoms with Gasteiger partial charge in [-0.25, -0.2) is 0 Å². The van der Waals surface area contributed by atoms with Gasteiger partial charge in [0, 0.05) is 28.2 Å². The van der Waals surface area contributed by atoms with Gasteiger partial charge in [-0.15, -0.1) is 0 Å². The Bertz CT molecular complexity index is 989. The van der Waals surface area contributed by atoms with Crippen LogP contribution in [0.15, 0.2) is 53.1 Å². The molecule has 0 unspecified atom stereocenters. The molecule has 5 heteroatoms. The summed E-state index contributed by atoms with van der Waals surface area (Å²) in [5.41, 5.74) is 2.29. The van der Waals surface area contributed by atoms with Gasteiger partial charge in [-0.3, -0.25) is 4.79 Å². The molecule has 3 aromatic rings. The summed E-state index contributed by atoms with van der Waals surface area (Å²) in [5.74, 6) is 0.634. The van der Waals surface area contributed by atoms with Crippen molar-refractivity contribution in [2.24, 2.45) is 0 Å². The first-order chi connectivity index (χ1) is 13.2. The van der Waals surface area contributed by atoms with Crippen molar-refractivity contribution >= 4 is 16.8 Å². The van der Waals surface area contributed by atoms with Crippen molar-refractivity contribution in [3.05, 3.63) is 54.1 Å². The number of piperidine rings is 1. The van der Waals surface area contributed by atoms with Gasteiger partial charge in [0.2, 0.25) is 0 Å². The molecule has 0 aliphatic carbocycles. The largest absolute Gasteiger partial charge is 0.355 e. The van der Waals surface area contributed by atoms with Gasteiger partial charge in [-0.2, -0.15) is 0 Å². The van der Waals surface area contributed by atoms with Gasteiger partial charge in [0.1, 0.15) is 5.52 Å². The van der Waals surface area contributed by atoms with Crippen LogP contribution < -0.4 is 10.6 Å². The molecule has 0 saturated carbocycles. The van der Waals surface area contributed by atoms with Crippen molar-refractivity contribution in [1.82, 2.24) is 15.8 Å². The quantitative estimate of drug-likeness (QED) is 0.703. The highest BCUT2D eigenvalue weighted by atomic mass is 16.5. The average Bonchev–Trinajstić information content (AvgIpc) is 3.02. The van der Waals surface area contributed by atoms with Crippen LogP contribution in [0.3, 0.4) is 0 Å². The number of rotatable bonds is 3. The van der Waals surface area contributed by atoms with E-state index in [1.807, 2.05) is 48.5 Å². The van der Waals surface area contributed by atoms with E-state index in [0.717, 1.165) is 29.3 Å². The molecule has 1 amide bonds. The van der Waals surface area contributed by atoms with Crippen LogP contribution in [0.5, 0.6) is 0 Å². The van der Waals surface area contributed by atoms with Crippen LogP contribution in [-0.2, 0) is 0 Å². The number of fused-ring (bicyclic) bond motifs is 1. The van der Waals surface area contributed by atoms with E-state index in [1.54, 1.807) is 0 Å². The van der Waals surface area contributed by atoms with Crippen molar-refractivity contribution in [2.45, 2.75) is 57.7 Å². The van der Waals surface area contributed by atoms with Crippen molar-refractivity contribution in [3.63, 3.8) is 0 Å². The summed E-state index contributed by atoms with van der Waals surface area (Å²) >= 11 is 0. The first-order valence-corrected chi connectivity index (χ1v) is 9.78. The van der Waals surface area contributed by atoms with Crippen molar-refractivity contribution < 1.29 is 9.32 Å². The molecule has 146 valence electrons. The summed E-state index contributed by atoms with van der Waals surface area (Å²) in [6.07, 6.45) is 1.79. The van der Waals surface area contributed by atoms with E-state index in [-0.39, 0.29) is 23.0 Å². The molecular weight excluding hydrogens is 350 g/mol. The lowest BCUT2D eigenvalue weighted by molar-refractivity contribution is 0.0873. The van der Waals surface area contributed by atoms with Crippen molar-refractivity contribution in [3.8, 4) is 11.3 Å². The minimum atomic E-state index is -0.0550. The second kappa shape index (κ2) is 6.74. The van der Waals surface area contributed by atoms with E-state index in [9.17, 15) is 4.79 Å². The second-order valence-corrected chi connectivity index (χ2v) is 9.08. The monoisotopic (exact) mass is 377 g/mol. The molecule has 1 aliphatic heterocycles. The van der Waals surface area contributed by atoms with Gasteiger partial charge in [-0.05, 0) is 58.7 Å². The number of benzene rings is 2. The summed E-state index contributed by atoms with van der Waals surface area (Å²) in [6, 6.07) is 15.5. The predicted molar refractivity (Wildman–Crippen MR) is 111 cm³/mol. The SMILES string of the molecule is CC1(C)CC(NC(=O)c2ccc3noc(-c4ccccc4)c3c2)CC(C)(C)N1. The second-order valence-electron chi connectivity index (χ2n) is 9.08. The fraction of sp³-hybridized carbons (Fsp3) is 0.391. The molecule has 1 aromatic heterocycles. The molecule has 2 heterocycles. The number of carbonyl (C=O) groups is 1. The molecule has 0 atom stereocenters. The molecule has 4 rings (SSSR count). The lowest BCUT2D eigenvalue weighted by Crippen LogP contribution is -2.62. The number of aromatic nitrogens is 1. The maximum atomic E-state index is 13.0. The molecule has 28 heavy (non-hydrogen) atoms. The third kappa shape index (κ3) is 3.80. The van der Waals surface area contributed by atoms with Gasteiger partial charge in [-0.1, -0.05) is 35.5 Å². The van der Waals surface area contributed by atoms with E-state index in [1.165, 1.54) is 0 Å². The van der Waals surface area contributed by atoms with E-state index in [0.29, 0.717) is 11.3 Å². The minimum Gasteiger partial charge on any atom is -0.355 e. The number of carbonyl (C=O) groups excluding carboxylic acids is 1. The van der Waals surface area contributed by atoms with Crippen molar-refractivity contribution in [2.75, 3.05) is 0 Å². The zero-order chi connectivity index (χ0) is 19.9. The first kappa shape index (κ1) is 18.7. The van der Waals surface area contributed by atoms with Crippen LogP contribution in [0.25, 0.3) is 22.2 Å². The molecule has 1 saturated heterocycles. The summed E-state index contributed by atoms with van der Waals surface area (Å²) in [7, 11) is 0. The van der Waals surface area contributed by atoms with Gasteiger partial charge in [0.15, 0.2) is 5.76 Å². The number of hydrogen-bond donors (Lipinski definition) is 2. The van der Waals surface area contributed by atoms with Crippen LogP contribution in [0.4, 0.5) is 0 Å². The minimum absolute atomic E-state index is 0.0153. The Morgan fingerprint density at radius 2 is 1.75 bits per heavy atom. The third-order valence-corrected chi connectivity index (χ3v) is 5.30. The smallest absolute Gasteiger partial charge is 0.251 e. The summed E-state index contributed by atoms with van der Waals surface area (Å²) in [5, 5.41) is 11.9. The van der Waals surface area contributed by atoms with Gasteiger partial charge in [0.25, 0.3) is 5.91 Å². The van der Waals surface area contributed by atoms with Gasteiger partial charge >= 0.3 is 0 Å². The number of nitrogens with one attached hydrogen (secondary N) is 2. The first-order valence-electron chi connectivity index (χ1n) is 9.78. The Morgan fingerprint density at radius 1 is 1.07 bits per heavy atom. The third-order valence-electron chi connectivity index (χ3n) is 5.30. The molecule has 1 aliphatic rings. The topological polar surface area (TPSA) is 67.2 Å². The molecular formula is C23H27N3O2. The summed E-state index contributed by atoms with van der Waals surface area (Å²) in [4.78, 5) is 13.0. The normalized spacial score (nSPS) is 18.9. The zero-order valence-corrected chi connectivity index (χ0v) is 16.9. The highest BCUT2D eigenvalue weighted by molar-refractivity contribution is 6.01. The highest BCUT2D eigenvalue weighted by Crippen LogP contribution is 2.30. The maximum absolute atomic E-state index is 13.0. The maximum Gasteiger partial charge on any atom is 0.251 e. The summed E-state index contributed by atoms with van der Waals surface area (Å²) < 4.78 is 5.55. The standard InChI is InChI=1S/C23H27N3O2/c1-22(2)13-17(14-23(3,4)26-22)24-21(27)16-10-11-19-18(12-16)20(28-25-19)15-8-6-5-7-9-15/h5-12,17,26H,13-14H2,1-4H3,(H,24,27). The molecule has 1 fully saturated rings. The fourth-order valence-corrected chi connectivity index (χ4v) is 4.57. The molecule has 0 radical (unpaired) electrons. The Labute approximate surface area is 165 Å². The molecule has 0 spiro atoms. The van der Waals surface area contributed by atoms with E-state index in [4.69, 9.17) is 4.52 Å². The zero-order valence-electron chi connectivity index (χ0n) is 16.9. The van der Waals surface area contributed by atoms with Crippen LogP contribution in [0.1, 0.15) is 50.9 Å². The summed E-state index contributed by atoms with van der Waals surface area (Å²) in [6.45, 7) is 8.73. The molecule has 5 nitrogen and oxygen atoms in total. The molecule has 2 aromatic carbocycles. The van der Waals surface area contributed by atoms with E-state index in [2.05, 4.69) is 43.5 Å². The predicted octanol–water partition coefficient (Wildman–Crippen LogP) is 4.53. The Hall–Kier alpha value is -2.66. The van der Waals surface area contributed by atoms with E-state index >= 15 is 0 Å². The number of nitrogens with zero attached hydrogens (tertiary/aromatic N) is 1. The Kier molecular flexibility index (Phi) is 4.50. The average molecular weight is 377 g/mol. The van der Waals surface area contributed by atoms with Gasteiger partial charge < -0.3 is 15.2 Å². The van der Waals surface area contributed by atoms with Crippen LogP contribution in [-0.4, -0.2) is 28.2 Å². The Morgan fingerprint density at radius 3 is 2.43 bits per heavy atom. The number of hydrogen-bond acceptors (Lipinski definition) is 4. The molecule has 2 N–H and O–H groups in total.